The molecule has 27 heavy (non-hydrogen) atoms. The summed E-state index contributed by atoms with van der Waals surface area (Å²) in [5.74, 6) is -1.94. The molecule has 3 aromatic rings. The van der Waals surface area contributed by atoms with Gasteiger partial charge in [-0.1, -0.05) is 23.4 Å². The smallest absolute Gasteiger partial charge is 0.351 e. The van der Waals surface area contributed by atoms with Gasteiger partial charge in [-0.2, -0.15) is 17.5 Å². The van der Waals surface area contributed by atoms with Crippen molar-refractivity contribution < 1.29 is 26.7 Å². The molecule has 10 heteroatoms. The molecule has 1 amide bonds. The largest absolute Gasteiger partial charge is 0.452 e. The Bertz CT molecular complexity index is 1080. The number of halogens is 3. The molecule has 6 nitrogen and oxygen atoms in total. The maximum Gasteiger partial charge on any atom is 0.452 e. The van der Waals surface area contributed by atoms with Gasteiger partial charge in [0.1, 0.15) is 10.7 Å². The fourth-order valence-corrected chi connectivity index (χ4v) is 3.26. The number of nitrogens with zero attached hydrogens (tertiary/aromatic N) is 3. The summed E-state index contributed by atoms with van der Waals surface area (Å²) in [4.78, 5) is 16.2. The Balaban J connectivity index is 1.85. The molecule has 1 aromatic carbocycles. The van der Waals surface area contributed by atoms with E-state index in [4.69, 9.17) is 0 Å². The zero-order valence-corrected chi connectivity index (χ0v) is 14.6. The highest BCUT2D eigenvalue weighted by molar-refractivity contribution is 7.93. The average Bonchev–Trinajstić information content (AvgIpc) is 3.13. The number of carbonyl (C=O) groups excluding carboxylic acids is 1. The number of hydrogen-bond acceptors (Lipinski definition) is 5. The van der Waals surface area contributed by atoms with Crippen molar-refractivity contribution >= 4 is 15.6 Å². The van der Waals surface area contributed by atoms with Crippen molar-refractivity contribution in [2.75, 3.05) is 6.26 Å². The fourth-order valence-electron chi connectivity index (χ4n) is 2.16. The van der Waals surface area contributed by atoms with Crippen LogP contribution in [-0.2, 0) is 15.9 Å². The number of aromatic nitrogens is 2. The van der Waals surface area contributed by atoms with Crippen LogP contribution in [0.15, 0.2) is 68.6 Å². The Morgan fingerprint density at radius 2 is 1.85 bits per heavy atom. The number of hydrogen-bond donors (Lipinski definition) is 0. The highest BCUT2D eigenvalue weighted by Crippen LogP contribution is 2.32. The Morgan fingerprint density at radius 3 is 2.41 bits per heavy atom. The molecule has 0 bridgehead atoms. The van der Waals surface area contributed by atoms with Gasteiger partial charge >= 0.3 is 6.18 Å². The molecular formula is C17H12F3N3O3S. The van der Waals surface area contributed by atoms with Crippen LogP contribution in [0.3, 0.4) is 0 Å². The maximum atomic E-state index is 12.6. The maximum absolute atomic E-state index is 12.6. The van der Waals surface area contributed by atoms with Crippen molar-refractivity contribution in [3.05, 3.63) is 66.1 Å². The number of amides is 1. The summed E-state index contributed by atoms with van der Waals surface area (Å²) in [7, 11) is -3.02. The third-order valence-electron chi connectivity index (χ3n) is 3.50. The van der Waals surface area contributed by atoms with Gasteiger partial charge in [-0.05, 0) is 24.3 Å². The third-order valence-corrected chi connectivity index (χ3v) is 5.03. The highest BCUT2D eigenvalue weighted by atomic mass is 32.2. The molecule has 1 atom stereocenters. The van der Waals surface area contributed by atoms with Gasteiger partial charge in [0.15, 0.2) is 0 Å². The first-order valence-electron chi connectivity index (χ1n) is 7.49. The van der Waals surface area contributed by atoms with E-state index < -0.39 is 27.6 Å². The molecule has 2 heterocycles. The Morgan fingerprint density at radius 1 is 1.15 bits per heavy atom. The van der Waals surface area contributed by atoms with E-state index in [1.807, 2.05) is 0 Å². The van der Waals surface area contributed by atoms with Gasteiger partial charge in [0.05, 0.1) is 9.73 Å². The topological polar surface area (TPSA) is 85.4 Å². The molecule has 0 spiro atoms. The lowest BCUT2D eigenvalue weighted by Gasteiger charge is -2.03. The van der Waals surface area contributed by atoms with Crippen LogP contribution in [0.2, 0.25) is 0 Å². The van der Waals surface area contributed by atoms with Crippen LogP contribution in [0.4, 0.5) is 13.2 Å². The normalized spacial score (nSPS) is 13.8. The van der Waals surface area contributed by atoms with Gasteiger partial charge < -0.3 is 4.52 Å². The van der Waals surface area contributed by atoms with Gasteiger partial charge in [0.25, 0.3) is 5.91 Å². The molecule has 0 aliphatic carbocycles. The standard InChI is InChI=1S/C17H12F3N3O3S/c1-27(25,15-4-2-3-9-21-15)23-16(24)12-7-5-11(6-8-12)13-10-14(26-22-13)17(18,19)20/h2-10H,1H3. The van der Waals surface area contributed by atoms with Crippen molar-refractivity contribution in [2.45, 2.75) is 11.2 Å². The van der Waals surface area contributed by atoms with Gasteiger partial charge in [-0.25, -0.2) is 9.19 Å². The van der Waals surface area contributed by atoms with E-state index in [0.29, 0.717) is 5.56 Å². The van der Waals surface area contributed by atoms with E-state index in [1.54, 1.807) is 12.1 Å². The van der Waals surface area contributed by atoms with Crippen molar-refractivity contribution in [3.8, 4) is 11.3 Å². The highest BCUT2D eigenvalue weighted by Gasteiger charge is 2.36. The van der Waals surface area contributed by atoms with Crippen molar-refractivity contribution in [1.29, 1.82) is 0 Å². The van der Waals surface area contributed by atoms with Crippen molar-refractivity contribution in [3.63, 3.8) is 0 Å². The number of pyridine rings is 1. The minimum atomic E-state index is -4.63. The van der Waals surface area contributed by atoms with Crippen LogP contribution in [0.25, 0.3) is 11.3 Å². The summed E-state index contributed by atoms with van der Waals surface area (Å²) in [6.07, 6.45) is -1.89. The number of alkyl halides is 3. The zero-order valence-electron chi connectivity index (χ0n) is 13.8. The van der Waals surface area contributed by atoms with Gasteiger partial charge in [-0.15, -0.1) is 0 Å². The van der Waals surface area contributed by atoms with E-state index in [1.165, 1.54) is 42.8 Å². The molecule has 0 fully saturated rings. The molecular weight excluding hydrogens is 383 g/mol. The Labute approximate surface area is 152 Å². The fraction of sp³-hybridized carbons (Fsp3) is 0.118. The quantitative estimate of drug-likeness (QED) is 0.668. The Kier molecular flexibility index (Phi) is 4.83. The molecule has 2 aromatic heterocycles. The van der Waals surface area contributed by atoms with Crippen LogP contribution in [0, 0.1) is 0 Å². The second-order valence-corrected chi connectivity index (χ2v) is 7.72. The number of benzene rings is 1. The molecule has 0 N–H and O–H groups in total. The molecule has 1 unspecified atom stereocenters. The second-order valence-electron chi connectivity index (χ2n) is 5.52. The SMILES string of the molecule is CS(=O)(=NC(=O)c1ccc(-c2cc(C(F)(F)F)on2)cc1)c1ccccn1. The van der Waals surface area contributed by atoms with Gasteiger partial charge in [-0.3, -0.25) is 4.79 Å². The zero-order chi connectivity index (χ0) is 19.7. The summed E-state index contributed by atoms with van der Waals surface area (Å²) in [5.41, 5.74) is 0.433. The van der Waals surface area contributed by atoms with E-state index in [0.717, 1.165) is 6.07 Å². The Hall–Kier alpha value is -3.01. The first-order chi connectivity index (χ1) is 12.7. The molecule has 0 aliphatic rings. The lowest BCUT2D eigenvalue weighted by atomic mass is 10.1. The van der Waals surface area contributed by atoms with Crippen LogP contribution >= 0.6 is 0 Å². The predicted molar refractivity (Wildman–Crippen MR) is 90.3 cm³/mol. The summed E-state index contributed by atoms with van der Waals surface area (Å²) in [6.45, 7) is 0. The van der Waals surface area contributed by atoms with Crippen LogP contribution in [0.1, 0.15) is 16.1 Å². The summed E-state index contributed by atoms with van der Waals surface area (Å²) < 4.78 is 58.3. The second kappa shape index (κ2) is 6.95. The van der Waals surface area contributed by atoms with Crippen molar-refractivity contribution in [1.82, 2.24) is 10.1 Å². The lowest BCUT2D eigenvalue weighted by molar-refractivity contribution is -0.155. The van der Waals surface area contributed by atoms with E-state index in [-0.39, 0.29) is 16.3 Å². The van der Waals surface area contributed by atoms with Crippen LogP contribution < -0.4 is 0 Å². The predicted octanol–water partition coefficient (Wildman–Crippen LogP) is 4.05. The van der Waals surface area contributed by atoms with E-state index in [2.05, 4.69) is 19.0 Å². The average molecular weight is 395 g/mol. The summed E-state index contributed by atoms with van der Waals surface area (Å²) >= 11 is 0. The number of rotatable bonds is 3. The minimum absolute atomic E-state index is 0.0222. The summed E-state index contributed by atoms with van der Waals surface area (Å²) in [6, 6.07) is 11.1. The van der Waals surface area contributed by atoms with E-state index >= 15 is 0 Å². The number of carbonyl (C=O) groups is 1. The van der Waals surface area contributed by atoms with E-state index in [9.17, 15) is 22.2 Å². The molecule has 0 aliphatic heterocycles. The van der Waals surface area contributed by atoms with Gasteiger partial charge in [0.2, 0.25) is 5.76 Å². The molecule has 0 saturated heterocycles. The lowest BCUT2D eigenvalue weighted by Crippen LogP contribution is -2.05. The first kappa shape index (κ1) is 18.8. The summed E-state index contributed by atoms with van der Waals surface area (Å²) in [5, 5.41) is 3.55. The molecule has 0 radical (unpaired) electrons. The van der Waals surface area contributed by atoms with Crippen LogP contribution in [0.5, 0.6) is 0 Å². The monoisotopic (exact) mass is 395 g/mol. The van der Waals surface area contributed by atoms with Crippen molar-refractivity contribution in [2.24, 2.45) is 4.36 Å². The molecule has 0 saturated carbocycles. The third kappa shape index (κ3) is 4.22. The minimum Gasteiger partial charge on any atom is -0.351 e. The molecule has 140 valence electrons. The van der Waals surface area contributed by atoms with Gasteiger partial charge in [0, 0.05) is 29.6 Å². The molecule has 3 rings (SSSR count). The first-order valence-corrected chi connectivity index (χ1v) is 9.41. The van der Waals surface area contributed by atoms with Crippen LogP contribution in [-0.4, -0.2) is 26.5 Å².